The number of hydrogen-bond acceptors (Lipinski definition) is 7. The van der Waals surface area contributed by atoms with E-state index >= 15 is 0 Å². The fourth-order valence-electron chi connectivity index (χ4n) is 4.60. The summed E-state index contributed by atoms with van der Waals surface area (Å²) in [6.07, 6.45) is 3.06. The molecule has 0 aliphatic carbocycles. The maximum absolute atomic E-state index is 12.9. The molecule has 2 N–H and O–H groups in total. The summed E-state index contributed by atoms with van der Waals surface area (Å²) in [5.74, 6) is 0.178. The molecule has 1 atom stereocenters. The number of piperidine rings is 1. The van der Waals surface area contributed by atoms with E-state index in [0.29, 0.717) is 28.3 Å². The molecule has 0 bridgehead atoms. The van der Waals surface area contributed by atoms with Crippen molar-refractivity contribution in [2.75, 3.05) is 30.8 Å². The van der Waals surface area contributed by atoms with Crippen molar-refractivity contribution in [3.8, 4) is 5.88 Å². The van der Waals surface area contributed by atoms with Gasteiger partial charge in [-0.15, -0.1) is 0 Å². The maximum atomic E-state index is 12.9. The minimum atomic E-state index is -0.521. The first kappa shape index (κ1) is 29.6. The van der Waals surface area contributed by atoms with Gasteiger partial charge in [-0.3, -0.25) is 4.79 Å². The van der Waals surface area contributed by atoms with Crippen LogP contribution in [0.4, 0.5) is 22.1 Å². The number of halogens is 2. The van der Waals surface area contributed by atoms with Crippen LogP contribution in [-0.2, 0) is 4.74 Å². The standard InChI is InChI=1S/C29H33BrClN5O4/c1-17-14-19(11-12-20(17)18-8-7-13-36(16-18)28(38)40-29(2,3)4)33-27-32-15-21(26(35-27)39-5)25(37)34-24-22(30)9-6-10-23(24)31/h6,9-12,14-15,18H,7-8,13,16H2,1-5H3,(H,34,37)(H,32,33,35)/t18-/m0/s1. The highest BCUT2D eigenvalue weighted by atomic mass is 79.9. The van der Waals surface area contributed by atoms with Gasteiger partial charge in [0.05, 0.1) is 17.8 Å². The van der Waals surface area contributed by atoms with E-state index in [4.69, 9.17) is 21.1 Å². The molecular formula is C29H33BrClN5O4. The zero-order valence-corrected chi connectivity index (χ0v) is 25.5. The van der Waals surface area contributed by atoms with E-state index in [-0.39, 0.29) is 29.4 Å². The minimum Gasteiger partial charge on any atom is -0.480 e. The molecule has 1 aromatic heterocycles. The number of amides is 2. The molecule has 2 amide bonds. The first-order chi connectivity index (χ1) is 18.9. The SMILES string of the molecule is COc1nc(Nc2ccc([C@H]3CCCN(C(=O)OC(C)(C)C)C3)c(C)c2)ncc1C(=O)Nc1c(Cl)cccc1Br. The van der Waals surface area contributed by atoms with Gasteiger partial charge >= 0.3 is 6.09 Å². The zero-order valence-electron chi connectivity index (χ0n) is 23.2. The van der Waals surface area contributed by atoms with Gasteiger partial charge in [-0.25, -0.2) is 9.78 Å². The number of anilines is 3. The summed E-state index contributed by atoms with van der Waals surface area (Å²) in [5, 5.41) is 6.36. The molecule has 1 fully saturated rings. The molecule has 0 spiro atoms. The Morgan fingerprint density at radius 1 is 1.20 bits per heavy atom. The van der Waals surface area contributed by atoms with Gasteiger partial charge in [0.25, 0.3) is 5.91 Å². The summed E-state index contributed by atoms with van der Waals surface area (Å²) in [7, 11) is 1.44. The van der Waals surface area contributed by atoms with E-state index < -0.39 is 11.5 Å². The van der Waals surface area contributed by atoms with Crippen LogP contribution in [0.25, 0.3) is 0 Å². The summed E-state index contributed by atoms with van der Waals surface area (Å²) in [5.41, 5.74) is 3.16. The number of aryl methyl sites for hydroxylation is 1. The number of nitrogens with zero attached hydrogens (tertiary/aromatic N) is 3. The fourth-order valence-corrected chi connectivity index (χ4v) is 5.40. The third-order valence-electron chi connectivity index (χ3n) is 6.43. The number of methoxy groups -OCH3 is 1. The van der Waals surface area contributed by atoms with Gasteiger partial charge in [0.15, 0.2) is 0 Å². The van der Waals surface area contributed by atoms with Gasteiger partial charge in [-0.2, -0.15) is 4.98 Å². The van der Waals surface area contributed by atoms with Crippen LogP contribution in [0.1, 0.15) is 61.0 Å². The molecule has 1 aliphatic rings. The third kappa shape index (κ3) is 7.22. The van der Waals surface area contributed by atoms with Crippen molar-refractivity contribution in [3.63, 3.8) is 0 Å². The Morgan fingerprint density at radius 3 is 2.65 bits per heavy atom. The first-order valence-corrected chi connectivity index (χ1v) is 14.1. The summed E-state index contributed by atoms with van der Waals surface area (Å²) in [6, 6.07) is 11.3. The number of hydrogen-bond donors (Lipinski definition) is 2. The number of para-hydroxylation sites is 1. The Bertz CT molecular complexity index is 1390. The topological polar surface area (TPSA) is 106 Å². The Morgan fingerprint density at radius 2 is 1.98 bits per heavy atom. The molecule has 40 heavy (non-hydrogen) atoms. The van der Waals surface area contributed by atoms with E-state index in [2.05, 4.69) is 49.5 Å². The smallest absolute Gasteiger partial charge is 0.410 e. The van der Waals surface area contributed by atoms with Crippen LogP contribution in [0.2, 0.25) is 5.02 Å². The number of carbonyl (C=O) groups excluding carboxylic acids is 2. The van der Waals surface area contributed by atoms with Gasteiger partial charge in [0, 0.05) is 35.4 Å². The number of benzene rings is 2. The molecule has 9 nitrogen and oxygen atoms in total. The lowest BCUT2D eigenvalue weighted by Gasteiger charge is -2.35. The normalized spacial score (nSPS) is 15.4. The van der Waals surface area contributed by atoms with Crippen LogP contribution in [0.5, 0.6) is 5.88 Å². The molecule has 212 valence electrons. The van der Waals surface area contributed by atoms with Crippen molar-refractivity contribution in [2.24, 2.45) is 0 Å². The number of ether oxygens (including phenoxy) is 2. The molecule has 11 heteroatoms. The average molecular weight is 631 g/mol. The molecule has 2 aromatic carbocycles. The monoisotopic (exact) mass is 629 g/mol. The van der Waals surface area contributed by atoms with Gasteiger partial charge in [-0.05, 0) is 91.9 Å². The predicted octanol–water partition coefficient (Wildman–Crippen LogP) is 7.32. The zero-order chi connectivity index (χ0) is 29.0. The maximum Gasteiger partial charge on any atom is 0.410 e. The van der Waals surface area contributed by atoms with Crippen molar-refractivity contribution in [1.82, 2.24) is 14.9 Å². The van der Waals surface area contributed by atoms with E-state index in [0.717, 1.165) is 24.1 Å². The van der Waals surface area contributed by atoms with Crippen molar-refractivity contribution < 1.29 is 19.1 Å². The second-order valence-corrected chi connectivity index (χ2v) is 11.9. The highest BCUT2D eigenvalue weighted by Gasteiger charge is 2.29. The van der Waals surface area contributed by atoms with E-state index in [1.165, 1.54) is 18.9 Å². The van der Waals surface area contributed by atoms with Crippen molar-refractivity contribution in [3.05, 3.63) is 68.8 Å². The summed E-state index contributed by atoms with van der Waals surface area (Å²) in [6.45, 7) is 9.01. The van der Waals surface area contributed by atoms with E-state index in [1.54, 1.807) is 23.1 Å². The Labute approximate surface area is 247 Å². The molecule has 0 saturated carbocycles. The van der Waals surface area contributed by atoms with Crippen LogP contribution < -0.4 is 15.4 Å². The van der Waals surface area contributed by atoms with Crippen molar-refractivity contribution >= 4 is 56.9 Å². The van der Waals surface area contributed by atoms with Crippen LogP contribution in [0.15, 0.2) is 47.1 Å². The fraction of sp³-hybridized carbons (Fsp3) is 0.379. The summed E-state index contributed by atoms with van der Waals surface area (Å²) < 4.78 is 11.6. The van der Waals surface area contributed by atoms with Gasteiger partial charge < -0.3 is 25.0 Å². The average Bonchev–Trinajstić information content (AvgIpc) is 2.90. The Balaban J connectivity index is 1.46. The molecule has 3 aromatic rings. The Hall–Kier alpha value is -3.37. The van der Waals surface area contributed by atoms with Crippen molar-refractivity contribution in [1.29, 1.82) is 0 Å². The number of likely N-dealkylation sites (tertiary alicyclic amines) is 1. The van der Waals surface area contributed by atoms with Gasteiger partial charge in [0.1, 0.15) is 11.2 Å². The lowest BCUT2D eigenvalue weighted by Crippen LogP contribution is -2.42. The number of carbonyl (C=O) groups is 2. The number of nitrogens with one attached hydrogen (secondary N) is 2. The molecule has 0 unspecified atom stereocenters. The summed E-state index contributed by atoms with van der Waals surface area (Å²) >= 11 is 9.62. The van der Waals surface area contributed by atoms with Crippen LogP contribution in [0, 0.1) is 6.92 Å². The lowest BCUT2D eigenvalue weighted by molar-refractivity contribution is 0.0198. The highest BCUT2D eigenvalue weighted by Crippen LogP contribution is 2.33. The largest absolute Gasteiger partial charge is 0.480 e. The van der Waals surface area contributed by atoms with Crippen LogP contribution in [0.3, 0.4) is 0 Å². The summed E-state index contributed by atoms with van der Waals surface area (Å²) in [4.78, 5) is 36.0. The van der Waals surface area contributed by atoms with E-state index in [1.807, 2.05) is 32.9 Å². The van der Waals surface area contributed by atoms with E-state index in [9.17, 15) is 9.59 Å². The molecule has 2 heterocycles. The quantitative estimate of drug-likeness (QED) is 0.294. The second kappa shape index (κ2) is 12.4. The van der Waals surface area contributed by atoms with Gasteiger partial charge in [-0.1, -0.05) is 23.7 Å². The predicted molar refractivity (Wildman–Crippen MR) is 160 cm³/mol. The molecule has 1 aliphatic heterocycles. The Kier molecular flexibility index (Phi) is 9.20. The van der Waals surface area contributed by atoms with Gasteiger partial charge in [0.2, 0.25) is 11.8 Å². The van der Waals surface area contributed by atoms with Crippen molar-refractivity contribution in [2.45, 2.75) is 52.1 Å². The number of rotatable bonds is 6. The van der Waals surface area contributed by atoms with Crippen LogP contribution in [-0.4, -0.2) is 52.7 Å². The molecule has 1 saturated heterocycles. The number of aromatic nitrogens is 2. The molecular weight excluding hydrogens is 598 g/mol. The highest BCUT2D eigenvalue weighted by molar-refractivity contribution is 9.10. The first-order valence-electron chi connectivity index (χ1n) is 13.0. The lowest BCUT2D eigenvalue weighted by atomic mass is 9.88. The van der Waals surface area contributed by atoms with Crippen LogP contribution >= 0.6 is 27.5 Å². The molecule has 4 rings (SSSR count). The third-order valence-corrected chi connectivity index (χ3v) is 7.41. The minimum absolute atomic E-state index is 0.121. The second-order valence-electron chi connectivity index (χ2n) is 10.6. The molecule has 0 radical (unpaired) electrons.